The van der Waals surface area contributed by atoms with Gasteiger partial charge in [-0.25, -0.2) is 4.79 Å². The van der Waals surface area contributed by atoms with E-state index in [-0.39, 0.29) is 30.3 Å². The monoisotopic (exact) mass is 299 g/mol. The van der Waals surface area contributed by atoms with Crippen molar-refractivity contribution in [3.8, 4) is 0 Å². The second-order valence-corrected chi connectivity index (χ2v) is 5.39. The number of piperidine rings is 1. The molecule has 0 aromatic carbocycles. The molecule has 0 aromatic heterocycles. The first-order valence-electron chi connectivity index (χ1n) is 7.39. The molecule has 21 heavy (non-hydrogen) atoms. The van der Waals surface area contributed by atoms with Gasteiger partial charge in [-0.05, 0) is 26.7 Å². The fourth-order valence-electron chi connectivity index (χ4n) is 2.72. The Morgan fingerprint density at radius 2 is 1.90 bits per heavy atom. The lowest BCUT2D eigenvalue weighted by Gasteiger charge is -2.37. The van der Waals surface area contributed by atoms with Crippen LogP contribution in [0.1, 0.15) is 33.1 Å². The first-order valence-corrected chi connectivity index (χ1v) is 7.39. The zero-order chi connectivity index (χ0) is 16.0. The molecule has 3 amide bonds. The predicted octanol–water partition coefficient (Wildman–Crippen LogP) is 0.750. The molecule has 1 rings (SSSR count). The highest BCUT2D eigenvalue weighted by Gasteiger charge is 2.30. The number of carbonyl (C=O) groups excluding carboxylic acids is 2. The summed E-state index contributed by atoms with van der Waals surface area (Å²) in [6, 6.07) is -0.474. The molecule has 120 valence electrons. The van der Waals surface area contributed by atoms with Crippen LogP contribution in [0.3, 0.4) is 0 Å². The van der Waals surface area contributed by atoms with Crippen molar-refractivity contribution in [2.24, 2.45) is 5.92 Å². The number of amides is 3. The van der Waals surface area contributed by atoms with Crippen molar-refractivity contribution in [1.29, 1.82) is 0 Å². The molecule has 0 aliphatic carbocycles. The molecule has 7 nitrogen and oxygen atoms in total. The fraction of sp³-hybridized carbons (Fsp3) is 0.786. The summed E-state index contributed by atoms with van der Waals surface area (Å²) in [6.07, 6.45) is 1.24. The van der Waals surface area contributed by atoms with Crippen LogP contribution in [0.25, 0.3) is 0 Å². The minimum atomic E-state index is -0.910. The van der Waals surface area contributed by atoms with Gasteiger partial charge in [0.05, 0.1) is 6.42 Å². The summed E-state index contributed by atoms with van der Waals surface area (Å²) in [5.41, 5.74) is 0. The Morgan fingerprint density at radius 1 is 1.33 bits per heavy atom. The van der Waals surface area contributed by atoms with Crippen LogP contribution >= 0.6 is 0 Å². The summed E-state index contributed by atoms with van der Waals surface area (Å²) in [4.78, 5) is 38.1. The molecule has 2 N–H and O–H groups in total. The van der Waals surface area contributed by atoms with Gasteiger partial charge in [-0.2, -0.15) is 0 Å². The van der Waals surface area contributed by atoms with Gasteiger partial charge in [-0.1, -0.05) is 0 Å². The topological polar surface area (TPSA) is 90.0 Å². The van der Waals surface area contributed by atoms with Crippen LogP contribution in [0.2, 0.25) is 0 Å². The van der Waals surface area contributed by atoms with E-state index in [2.05, 4.69) is 5.32 Å². The molecule has 0 saturated carbocycles. The van der Waals surface area contributed by atoms with Crippen molar-refractivity contribution in [1.82, 2.24) is 15.1 Å². The minimum absolute atomic E-state index is 0.0219. The molecule has 1 saturated heterocycles. The largest absolute Gasteiger partial charge is 0.481 e. The SMILES string of the molecule is CCN(C(=O)N1CCC(C(=O)NC)CC1)C(C)CC(=O)O. The Kier molecular flexibility index (Phi) is 6.45. The third-order valence-electron chi connectivity index (χ3n) is 3.97. The number of likely N-dealkylation sites (tertiary alicyclic amines) is 1. The van der Waals surface area contributed by atoms with Crippen LogP contribution in [0.4, 0.5) is 4.79 Å². The smallest absolute Gasteiger partial charge is 0.320 e. The number of hydrogen-bond acceptors (Lipinski definition) is 3. The lowest BCUT2D eigenvalue weighted by atomic mass is 9.96. The molecule has 0 bridgehead atoms. The van der Waals surface area contributed by atoms with Gasteiger partial charge in [0.15, 0.2) is 0 Å². The first kappa shape index (κ1) is 17.3. The van der Waals surface area contributed by atoms with Gasteiger partial charge in [0.1, 0.15) is 0 Å². The summed E-state index contributed by atoms with van der Waals surface area (Å²) in [5, 5.41) is 11.5. The van der Waals surface area contributed by atoms with Crippen molar-refractivity contribution in [3.63, 3.8) is 0 Å². The molecular formula is C14H25N3O4. The normalized spacial score (nSPS) is 17.2. The Bertz CT molecular complexity index is 392. The molecule has 0 radical (unpaired) electrons. The number of aliphatic carboxylic acids is 1. The second-order valence-electron chi connectivity index (χ2n) is 5.39. The van der Waals surface area contributed by atoms with Crippen LogP contribution in [0.15, 0.2) is 0 Å². The number of urea groups is 1. The zero-order valence-electron chi connectivity index (χ0n) is 13.0. The molecule has 1 heterocycles. The van der Waals surface area contributed by atoms with E-state index in [0.29, 0.717) is 32.5 Å². The standard InChI is InChI=1S/C14H25N3O4/c1-4-17(10(2)9-12(18)19)14(21)16-7-5-11(6-8-16)13(20)15-3/h10-11H,4-9H2,1-3H3,(H,15,20)(H,18,19). The van der Waals surface area contributed by atoms with Crippen molar-refractivity contribution < 1.29 is 19.5 Å². The summed E-state index contributed by atoms with van der Waals surface area (Å²) in [6.45, 7) is 5.13. The molecule has 1 unspecified atom stereocenters. The van der Waals surface area contributed by atoms with E-state index < -0.39 is 5.97 Å². The Balaban J connectivity index is 2.58. The lowest BCUT2D eigenvalue weighted by Crippen LogP contribution is -2.51. The van der Waals surface area contributed by atoms with E-state index in [1.54, 1.807) is 23.8 Å². The number of carboxylic acid groups (broad SMARTS) is 1. The molecule has 0 aromatic rings. The van der Waals surface area contributed by atoms with Gasteiger partial charge in [0.25, 0.3) is 0 Å². The Labute approximate surface area is 125 Å². The number of nitrogens with zero attached hydrogens (tertiary/aromatic N) is 2. The maximum Gasteiger partial charge on any atom is 0.320 e. The lowest BCUT2D eigenvalue weighted by molar-refractivity contribution is -0.138. The van der Waals surface area contributed by atoms with E-state index in [9.17, 15) is 14.4 Å². The van der Waals surface area contributed by atoms with E-state index in [4.69, 9.17) is 5.11 Å². The van der Waals surface area contributed by atoms with Crippen LogP contribution in [-0.2, 0) is 9.59 Å². The van der Waals surface area contributed by atoms with Gasteiger partial charge in [-0.3, -0.25) is 9.59 Å². The van der Waals surface area contributed by atoms with Crippen LogP contribution in [0.5, 0.6) is 0 Å². The average molecular weight is 299 g/mol. The van der Waals surface area contributed by atoms with Crippen molar-refractivity contribution in [3.05, 3.63) is 0 Å². The summed E-state index contributed by atoms with van der Waals surface area (Å²) >= 11 is 0. The highest BCUT2D eigenvalue weighted by molar-refractivity contribution is 5.79. The maximum absolute atomic E-state index is 12.5. The van der Waals surface area contributed by atoms with Crippen LogP contribution in [0, 0.1) is 5.92 Å². The van der Waals surface area contributed by atoms with E-state index in [1.165, 1.54) is 0 Å². The molecule has 7 heteroatoms. The second kappa shape index (κ2) is 7.85. The van der Waals surface area contributed by atoms with Gasteiger partial charge < -0.3 is 20.2 Å². The number of carbonyl (C=O) groups is 3. The molecule has 0 spiro atoms. The number of rotatable bonds is 5. The van der Waals surface area contributed by atoms with Crippen molar-refractivity contribution in [2.45, 2.75) is 39.2 Å². The van der Waals surface area contributed by atoms with E-state index >= 15 is 0 Å². The summed E-state index contributed by atoms with van der Waals surface area (Å²) in [7, 11) is 1.62. The molecule has 1 aliphatic heterocycles. The van der Waals surface area contributed by atoms with Crippen molar-refractivity contribution in [2.75, 3.05) is 26.7 Å². The first-order chi connectivity index (χ1) is 9.90. The Morgan fingerprint density at radius 3 is 2.33 bits per heavy atom. The van der Waals surface area contributed by atoms with E-state index in [0.717, 1.165) is 0 Å². The third kappa shape index (κ3) is 4.61. The van der Waals surface area contributed by atoms with Gasteiger partial charge in [-0.15, -0.1) is 0 Å². The highest BCUT2D eigenvalue weighted by Crippen LogP contribution is 2.19. The molecule has 1 fully saturated rings. The van der Waals surface area contributed by atoms with E-state index in [1.807, 2.05) is 6.92 Å². The molecule has 1 aliphatic rings. The van der Waals surface area contributed by atoms with Gasteiger partial charge >= 0.3 is 12.0 Å². The quantitative estimate of drug-likeness (QED) is 0.784. The van der Waals surface area contributed by atoms with Gasteiger partial charge in [0, 0.05) is 38.6 Å². The average Bonchev–Trinajstić information content (AvgIpc) is 2.46. The third-order valence-corrected chi connectivity index (χ3v) is 3.97. The maximum atomic E-state index is 12.5. The number of hydrogen-bond donors (Lipinski definition) is 2. The molecular weight excluding hydrogens is 274 g/mol. The zero-order valence-corrected chi connectivity index (χ0v) is 13.0. The Hall–Kier alpha value is -1.79. The summed E-state index contributed by atoms with van der Waals surface area (Å²) in [5.74, 6) is -0.925. The van der Waals surface area contributed by atoms with Gasteiger partial charge in [0.2, 0.25) is 5.91 Å². The fourth-order valence-corrected chi connectivity index (χ4v) is 2.72. The minimum Gasteiger partial charge on any atom is -0.481 e. The van der Waals surface area contributed by atoms with Crippen LogP contribution in [-0.4, -0.2) is 65.5 Å². The molecule has 1 atom stereocenters. The number of nitrogens with one attached hydrogen (secondary N) is 1. The summed E-state index contributed by atoms with van der Waals surface area (Å²) < 4.78 is 0. The predicted molar refractivity (Wildman–Crippen MR) is 77.9 cm³/mol. The van der Waals surface area contributed by atoms with Crippen molar-refractivity contribution >= 4 is 17.9 Å². The number of carboxylic acids is 1. The highest BCUT2D eigenvalue weighted by atomic mass is 16.4. The van der Waals surface area contributed by atoms with Crippen LogP contribution < -0.4 is 5.32 Å².